The van der Waals surface area contributed by atoms with Gasteiger partial charge in [0, 0.05) is 24.4 Å². The molecule has 0 bridgehead atoms. The molecule has 1 aliphatic carbocycles. The first-order valence-electron chi connectivity index (χ1n) is 6.93. The monoisotopic (exact) mass is 293 g/mol. The largest absolute Gasteiger partial charge is 0.412 e. The topological polar surface area (TPSA) is 39.9 Å². The summed E-state index contributed by atoms with van der Waals surface area (Å²) in [5.74, 6) is 0.524. The van der Waals surface area contributed by atoms with Crippen molar-refractivity contribution in [1.82, 2.24) is 4.98 Å². The van der Waals surface area contributed by atoms with E-state index in [1.807, 2.05) is 6.07 Å². The Bertz CT molecular complexity index is 641. The molecule has 21 heavy (non-hydrogen) atoms. The third kappa shape index (κ3) is 2.60. The highest BCUT2D eigenvalue weighted by Gasteiger charge is 2.35. The van der Waals surface area contributed by atoms with Gasteiger partial charge in [-0.25, -0.2) is 4.98 Å². The first-order chi connectivity index (χ1) is 9.99. The summed E-state index contributed by atoms with van der Waals surface area (Å²) in [4.78, 5) is 6.28. The normalized spacial score (nSPS) is 18.2. The Balaban J connectivity index is 1.89. The molecule has 0 amide bonds. The van der Waals surface area contributed by atoms with E-state index in [-0.39, 0.29) is 19.5 Å². The lowest BCUT2D eigenvalue weighted by Crippen LogP contribution is -2.33. The van der Waals surface area contributed by atoms with Crippen LogP contribution >= 0.6 is 0 Å². The van der Waals surface area contributed by atoms with Crippen LogP contribution in [-0.4, -0.2) is 24.2 Å². The van der Waals surface area contributed by atoms with Crippen molar-refractivity contribution in [1.29, 1.82) is 5.26 Å². The number of rotatable bonds is 1. The van der Waals surface area contributed by atoms with Gasteiger partial charge in [0.15, 0.2) is 0 Å². The predicted molar refractivity (Wildman–Crippen MR) is 71.9 cm³/mol. The maximum Gasteiger partial charge on any atom is 0.412 e. The van der Waals surface area contributed by atoms with Gasteiger partial charge in [0.1, 0.15) is 11.9 Å². The minimum atomic E-state index is -4.25. The summed E-state index contributed by atoms with van der Waals surface area (Å²) in [5.41, 5.74) is 2.05. The zero-order valence-corrected chi connectivity index (χ0v) is 11.4. The van der Waals surface area contributed by atoms with Crippen molar-refractivity contribution in [2.75, 3.05) is 18.0 Å². The molecule has 1 aromatic rings. The van der Waals surface area contributed by atoms with Crippen LogP contribution in [-0.2, 0) is 12.8 Å². The molecule has 0 N–H and O–H groups in total. The van der Waals surface area contributed by atoms with Crippen LogP contribution in [0.15, 0.2) is 17.7 Å². The lowest BCUT2D eigenvalue weighted by molar-refractivity contribution is -0.0944. The fourth-order valence-electron chi connectivity index (χ4n) is 2.90. The van der Waals surface area contributed by atoms with E-state index < -0.39 is 11.7 Å². The Morgan fingerprint density at radius 2 is 2.05 bits per heavy atom. The molecule has 0 saturated carbocycles. The number of fused-ring (bicyclic) bond motifs is 1. The second-order valence-electron chi connectivity index (χ2n) is 5.35. The molecular formula is C15H14F3N3. The highest BCUT2D eigenvalue weighted by molar-refractivity contribution is 5.57. The first kappa shape index (κ1) is 13.9. The van der Waals surface area contributed by atoms with Crippen LogP contribution in [0.25, 0.3) is 0 Å². The number of hydrogen-bond acceptors (Lipinski definition) is 3. The van der Waals surface area contributed by atoms with Gasteiger partial charge < -0.3 is 4.90 Å². The molecule has 1 aliphatic heterocycles. The van der Waals surface area contributed by atoms with Crippen LogP contribution in [0.3, 0.4) is 0 Å². The minimum Gasteiger partial charge on any atom is -0.351 e. The van der Waals surface area contributed by atoms with Crippen molar-refractivity contribution in [3.63, 3.8) is 0 Å². The fourth-order valence-corrected chi connectivity index (χ4v) is 2.90. The molecule has 6 heteroatoms. The van der Waals surface area contributed by atoms with E-state index in [1.165, 1.54) is 6.08 Å². The van der Waals surface area contributed by atoms with Crippen LogP contribution < -0.4 is 4.90 Å². The van der Waals surface area contributed by atoms with Gasteiger partial charge in [-0.15, -0.1) is 0 Å². The maximum absolute atomic E-state index is 12.6. The van der Waals surface area contributed by atoms with Crippen molar-refractivity contribution in [2.24, 2.45) is 0 Å². The van der Waals surface area contributed by atoms with Gasteiger partial charge in [0.25, 0.3) is 0 Å². The molecule has 0 spiro atoms. The SMILES string of the molecule is N#Cc1cc2c(nc1N1CC=C(C(F)(F)F)CC1)CCC2. The van der Waals surface area contributed by atoms with Gasteiger partial charge in [-0.05, 0) is 37.3 Å². The van der Waals surface area contributed by atoms with Gasteiger partial charge in [-0.2, -0.15) is 18.4 Å². The van der Waals surface area contributed by atoms with Crippen molar-refractivity contribution in [2.45, 2.75) is 31.9 Å². The van der Waals surface area contributed by atoms with Crippen LogP contribution in [0.1, 0.15) is 29.7 Å². The smallest absolute Gasteiger partial charge is 0.351 e. The predicted octanol–water partition coefficient (Wildman–Crippen LogP) is 3.14. The molecule has 0 radical (unpaired) electrons. The molecular weight excluding hydrogens is 279 g/mol. The fraction of sp³-hybridized carbons (Fsp3) is 0.467. The van der Waals surface area contributed by atoms with Crippen LogP contribution in [0, 0.1) is 11.3 Å². The molecule has 0 saturated heterocycles. The Morgan fingerprint density at radius 3 is 2.67 bits per heavy atom. The van der Waals surface area contributed by atoms with Crippen molar-refractivity contribution in [3.8, 4) is 6.07 Å². The van der Waals surface area contributed by atoms with Gasteiger partial charge in [0.2, 0.25) is 0 Å². The molecule has 0 atom stereocenters. The summed E-state index contributed by atoms with van der Waals surface area (Å²) < 4.78 is 37.9. The molecule has 110 valence electrons. The zero-order valence-electron chi connectivity index (χ0n) is 11.4. The van der Waals surface area contributed by atoms with Gasteiger partial charge in [0.05, 0.1) is 5.56 Å². The van der Waals surface area contributed by atoms with Crippen LogP contribution in [0.5, 0.6) is 0 Å². The summed E-state index contributed by atoms with van der Waals surface area (Å²) in [6.07, 6.45) is -0.294. The average Bonchev–Trinajstić information content (AvgIpc) is 2.92. The third-order valence-electron chi connectivity index (χ3n) is 4.02. The summed E-state index contributed by atoms with van der Waals surface area (Å²) in [6.45, 7) is 0.390. The molecule has 0 fully saturated rings. The summed E-state index contributed by atoms with van der Waals surface area (Å²) in [5, 5.41) is 9.25. The Hall–Kier alpha value is -2.03. The van der Waals surface area contributed by atoms with Crippen molar-refractivity contribution in [3.05, 3.63) is 34.5 Å². The van der Waals surface area contributed by atoms with Gasteiger partial charge in [-0.3, -0.25) is 0 Å². The highest BCUT2D eigenvalue weighted by atomic mass is 19.4. The lowest BCUT2D eigenvalue weighted by Gasteiger charge is -2.29. The number of halogens is 3. The maximum atomic E-state index is 12.6. The molecule has 3 rings (SSSR count). The van der Waals surface area contributed by atoms with E-state index in [9.17, 15) is 18.4 Å². The second-order valence-corrected chi connectivity index (χ2v) is 5.35. The number of nitrogens with zero attached hydrogens (tertiary/aromatic N) is 3. The van der Waals surface area contributed by atoms with Crippen LogP contribution in [0.4, 0.5) is 19.0 Å². The molecule has 2 aliphatic rings. The summed E-state index contributed by atoms with van der Waals surface area (Å²) in [6, 6.07) is 3.96. The Labute approximate surface area is 120 Å². The quantitative estimate of drug-likeness (QED) is 0.747. The molecule has 1 aromatic heterocycles. The van der Waals surface area contributed by atoms with E-state index in [2.05, 4.69) is 11.1 Å². The number of aryl methyl sites for hydroxylation is 2. The van der Waals surface area contributed by atoms with E-state index in [1.54, 1.807) is 4.90 Å². The first-order valence-corrected chi connectivity index (χ1v) is 6.93. The van der Waals surface area contributed by atoms with Crippen molar-refractivity contribution >= 4 is 5.82 Å². The number of pyridine rings is 1. The van der Waals surface area contributed by atoms with E-state index in [4.69, 9.17) is 0 Å². The van der Waals surface area contributed by atoms with E-state index in [0.29, 0.717) is 11.4 Å². The number of alkyl halides is 3. The molecule has 0 aromatic carbocycles. The number of nitriles is 1. The van der Waals surface area contributed by atoms with E-state index in [0.717, 1.165) is 30.5 Å². The summed E-state index contributed by atoms with van der Waals surface area (Å²) in [7, 11) is 0. The van der Waals surface area contributed by atoms with Gasteiger partial charge in [-0.1, -0.05) is 6.08 Å². The lowest BCUT2D eigenvalue weighted by atomic mass is 10.1. The zero-order chi connectivity index (χ0) is 15.0. The Morgan fingerprint density at radius 1 is 1.24 bits per heavy atom. The average molecular weight is 293 g/mol. The minimum absolute atomic E-state index is 0.0624. The highest BCUT2D eigenvalue weighted by Crippen LogP contribution is 2.33. The summed E-state index contributed by atoms with van der Waals surface area (Å²) >= 11 is 0. The molecule has 0 unspecified atom stereocenters. The number of aromatic nitrogens is 1. The number of anilines is 1. The third-order valence-corrected chi connectivity index (χ3v) is 4.02. The van der Waals surface area contributed by atoms with Gasteiger partial charge >= 0.3 is 6.18 Å². The van der Waals surface area contributed by atoms with Crippen LogP contribution in [0.2, 0.25) is 0 Å². The number of hydrogen-bond donors (Lipinski definition) is 0. The van der Waals surface area contributed by atoms with Crippen molar-refractivity contribution < 1.29 is 13.2 Å². The Kier molecular flexibility index (Phi) is 3.36. The van der Waals surface area contributed by atoms with E-state index >= 15 is 0 Å². The molecule has 2 heterocycles. The standard InChI is InChI=1S/C15H14F3N3/c16-15(17,18)12-4-6-21(7-5-12)14-11(9-19)8-10-2-1-3-13(10)20-14/h4,8H,1-3,5-7H2. The second kappa shape index (κ2) is 5.06. The molecule has 3 nitrogen and oxygen atoms in total.